The van der Waals surface area contributed by atoms with E-state index in [1.54, 1.807) is 12.1 Å². The minimum Gasteiger partial charge on any atom is -0.208 e. The molecular formula is C17H16F3NO2S. The van der Waals surface area contributed by atoms with Gasteiger partial charge in [-0.25, -0.2) is 13.1 Å². The molecule has 2 rings (SSSR count). The van der Waals surface area contributed by atoms with Gasteiger partial charge in [0, 0.05) is 12.0 Å². The number of nitrogens with one attached hydrogen (secondary N) is 1. The molecule has 0 amide bonds. The summed E-state index contributed by atoms with van der Waals surface area (Å²) >= 11 is 0. The minimum atomic E-state index is -4.41. The van der Waals surface area contributed by atoms with Crippen LogP contribution >= 0.6 is 0 Å². The van der Waals surface area contributed by atoms with E-state index in [0.29, 0.717) is 5.56 Å². The summed E-state index contributed by atoms with van der Waals surface area (Å²) in [6.45, 7) is 1.84. The molecule has 7 heteroatoms. The van der Waals surface area contributed by atoms with Crippen molar-refractivity contribution in [1.29, 1.82) is 0 Å². The van der Waals surface area contributed by atoms with Gasteiger partial charge >= 0.3 is 6.18 Å². The standard InChI is InChI=1S/C17H16F3NO2S/c1-13-2-4-14(5-3-13)10-11-24(22,23)21-12-15-6-8-16(9-7-15)17(18,19)20/h2-11,21H,12H2,1H3/b11-10+. The summed E-state index contributed by atoms with van der Waals surface area (Å²) in [5.41, 5.74) is 1.47. The zero-order valence-electron chi connectivity index (χ0n) is 12.8. The smallest absolute Gasteiger partial charge is 0.208 e. The van der Waals surface area contributed by atoms with Crippen LogP contribution in [-0.2, 0) is 22.7 Å². The van der Waals surface area contributed by atoms with Crippen LogP contribution in [0.15, 0.2) is 53.9 Å². The van der Waals surface area contributed by atoms with Crippen molar-refractivity contribution >= 4 is 16.1 Å². The minimum absolute atomic E-state index is 0.0846. The number of benzene rings is 2. The quantitative estimate of drug-likeness (QED) is 0.878. The Morgan fingerprint density at radius 3 is 2.12 bits per heavy atom. The molecule has 0 aliphatic carbocycles. The monoisotopic (exact) mass is 355 g/mol. The van der Waals surface area contributed by atoms with Crippen LogP contribution in [0.25, 0.3) is 6.08 Å². The van der Waals surface area contributed by atoms with Crippen LogP contribution in [-0.4, -0.2) is 8.42 Å². The molecule has 2 aromatic rings. The summed E-state index contributed by atoms with van der Waals surface area (Å²) in [7, 11) is -3.68. The molecule has 0 spiro atoms. The van der Waals surface area contributed by atoms with E-state index in [0.717, 1.165) is 28.7 Å². The van der Waals surface area contributed by atoms with Crippen LogP contribution in [0.5, 0.6) is 0 Å². The number of hydrogen-bond acceptors (Lipinski definition) is 2. The number of halogens is 3. The summed E-state index contributed by atoms with van der Waals surface area (Å²) in [5, 5.41) is 1.03. The molecule has 0 fully saturated rings. The first-order chi connectivity index (χ1) is 11.2. The van der Waals surface area contributed by atoms with Crippen molar-refractivity contribution in [3.05, 3.63) is 76.2 Å². The predicted octanol–water partition coefficient (Wildman–Crippen LogP) is 4.10. The van der Waals surface area contributed by atoms with Crippen molar-refractivity contribution in [1.82, 2.24) is 4.72 Å². The first kappa shape index (κ1) is 18.2. The lowest BCUT2D eigenvalue weighted by atomic mass is 10.1. The van der Waals surface area contributed by atoms with E-state index in [9.17, 15) is 21.6 Å². The maximum absolute atomic E-state index is 12.5. The van der Waals surface area contributed by atoms with Crippen molar-refractivity contribution in [3.8, 4) is 0 Å². The van der Waals surface area contributed by atoms with E-state index in [2.05, 4.69) is 4.72 Å². The molecule has 1 N–H and O–H groups in total. The van der Waals surface area contributed by atoms with Crippen LogP contribution < -0.4 is 4.72 Å². The molecule has 0 aliphatic rings. The molecule has 0 atom stereocenters. The Morgan fingerprint density at radius 1 is 1.00 bits per heavy atom. The molecule has 0 aromatic heterocycles. The SMILES string of the molecule is Cc1ccc(/C=C/S(=O)(=O)NCc2ccc(C(F)(F)F)cc2)cc1. The molecule has 0 bridgehead atoms. The van der Waals surface area contributed by atoms with E-state index in [4.69, 9.17) is 0 Å². The number of alkyl halides is 3. The van der Waals surface area contributed by atoms with Gasteiger partial charge in [-0.1, -0.05) is 42.0 Å². The summed E-state index contributed by atoms with van der Waals surface area (Å²) < 4.78 is 63.5. The van der Waals surface area contributed by atoms with Gasteiger partial charge in [-0.05, 0) is 36.3 Å². The van der Waals surface area contributed by atoms with Crippen molar-refractivity contribution in [2.24, 2.45) is 0 Å². The Balaban J connectivity index is 1.98. The molecular weight excluding hydrogens is 339 g/mol. The van der Waals surface area contributed by atoms with E-state index >= 15 is 0 Å². The van der Waals surface area contributed by atoms with Crippen LogP contribution in [0.3, 0.4) is 0 Å². The summed E-state index contributed by atoms with van der Waals surface area (Å²) in [6, 6.07) is 11.6. The van der Waals surface area contributed by atoms with Gasteiger partial charge in [-0.2, -0.15) is 13.2 Å². The highest BCUT2D eigenvalue weighted by atomic mass is 32.2. The summed E-state index contributed by atoms with van der Waals surface area (Å²) in [5.74, 6) is 0. The Labute approximate surface area is 138 Å². The highest BCUT2D eigenvalue weighted by molar-refractivity contribution is 7.92. The highest BCUT2D eigenvalue weighted by Gasteiger charge is 2.29. The Bertz CT molecular complexity index is 808. The van der Waals surface area contributed by atoms with Crippen molar-refractivity contribution in [3.63, 3.8) is 0 Å². The van der Waals surface area contributed by atoms with Gasteiger partial charge in [0.05, 0.1) is 5.56 Å². The molecule has 0 unspecified atom stereocenters. The van der Waals surface area contributed by atoms with Crippen molar-refractivity contribution in [2.75, 3.05) is 0 Å². The molecule has 0 aliphatic heterocycles. The second kappa shape index (κ2) is 7.19. The van der Waals surface area contributed by atoms with Crippen LogP contribution in [0.2, 0.25) is 0 Å². The predicted molar refractivity (Wildman–Crippen MR) is 87.4 cm³/mol. The fourth-order valence-corrected chi connectivity index (χ4v) is 2.69. The zero-order chi connectivity index (χ0) is 17.8. The molecule has 128 valence electrons. The first-order valence-electron chi connectivity index (χ1n) is 7.06. The van der Waals surface area contributed by atoms with Crippen molar-refractivity contribution in [2.45, 2.75) is 19.6 Å². The number of hydrogen-bond donors (Lipinski definition) is 1. The van der Waals surface area contributed by atoms with Crippen LogP contribution in [0.1, 0.15) is 22.3 Å². The van der Waals surface area contributed by atoms with Gasteiger partial charge < -0.3 is 0 Å². The summed E-state index contributed by atoms with van der Waals surface area (Å²) in [4.78, 5) is 0. The maximum Gasteiger partial charge on any atom is 0.416 e. The fraction of sp³-hybridized carbons (Fsp3) is 0.176. The van der Waals surface area contributed by atoms with E-state index in [-0.39, 0.29) is 6.54 Å². The average Bonchev–Trinajstić information content (AvgIpc) is 2.52. The average molecular weight is 355 g/mol. The molecule has 3 nitrogen and oxygen atoms in total. The number of rotatable bonds is 5. The third-order valence-electron chi connectivity index (χ3n) is 3.28. The van der Waals surface area contributed by atoms with Gasteiger partial charge in [0.25, 0.3) is 0 Å². The normalized spacial score (nSPS) is 12.7. The van der Waals surface area contributed by atoms with Crippen LogP contribution in [0.4, 0.5) is 13.2 Å². The fourth-order valence-electron chi connectivity index (χ4n) is 1.89. The zero-order valence-corrected chi connectivity index (χ0v) is 13.7. The van der Waals surface area contributed by atoms with Gasteiger partial charge in [0.1, 0.15) is 0 Å². The second-order valence-corrected chi connectivity index (χ2v) is 6.93. The molecule has 0 heterocycles. The highest BCUT2D eigenvalue weighted by Crippen LogP contribution is 2.29. The Hall–Kier alpha value is -2.12. The van der Waals surface area contributed by atoms with Gasteiger partial charge in [0.2, 0.25) is 10.0 Å². The van der Waals surface area contributed by atoms with E-state index in [1.165, 1.54) is 18.2 Å². The Kier molecular flexibility index (Phi) is 5.46. The molecule has 0 saturated heterocycles. The van der Waals surface area contributed by atoms with E-state index in [1.807, 2.05) is 19.1 Å². The maximum atomic E-state index is 12.5. The lowest BCUT2D eigenvalue weighted by Crippen LogP contribution is -2.20. The summed E-state index contributed by atoms with van der Waals surface area (Å²) in [6.07, 6.45) is -2.96. The molecule has 2 aromatic carbocycles. The van der Waals surface area contributed by atoms with Gasteiger partial charge in [-0.15, -0.1) is 0 Å². The molecule has 0 radical (unpaired) electrons. The third kappa shape index (κ3) is 5.50. The largest absolute Gasteiger partial charge is 0.416 e. The Morgan fingerprint density at radius 2 is 1.58 bits per heavy atom. The lowest BCUT2D eigenvalue weighted by molar-refractivity contribution is -0.137. The van der Waals surface area contributed by atoms with Gasteiger partial charge in [0.15, 0.2) is 0 Å². The molecule has 24 heavy (non-hydrogen) atoms. The topological polar surface area (TPSA) is 46.2 Å². The first-order valence-corrected chi connectivity index (χ1v) is 8.61. The van der Waals surface area contributed by atoms with Crippen molar-refractivity contribution < 1.29 is 21.6 Å². The van der Waals surface area contributed by atoms with E-state index < -0.39 is 21.8 Å². The number of aryl methyl sites for hydroxylation is 1. The molecule has 0 saturated carbocycles. The lowest BCUT2D eigenvalue weighted by Gasteiger charge is -2.08. The van der Waals surface area contributed by atoms with Crippen LogP contribution in [0, 0.1) is 6.92 Å². The number of sulfonamides is 1. The second-order valence-electron chi connectivity index (χ2n) is 5.27. The van der Waals surface area contributed by atoms with Gasteiger partial charge in [-0.3, -0.25) is 0 Å². The third-order valence-corrected chi connectivity index (χ3v) is 4.32.